The van der Waals surface area contributed by atoms with E-state index in [-0.39, 0.29) is 11.4 Å². The molecule has 0 aliphatic rings. The summed E-state index contributed by atoms with van der Waals surface area (Å²) in [6, 6.07) is 2.92. The quantitative estimate of drug-likeness (QED) is 0.786. The van der Waals surface area contributed by atoms with Crippen LogP contribution in [0.15, 0.2) is 29.4 Å². The van der Waals surface area contributed by atoms with E-state index >= 15 is 0 Å². The Hall–Kier alpha value is -1.47. The lowest BCUT2D eigenvalue weighted by Gasteiger charge is -2.26. The summed E-state index contributed by atoms with van der Waals surface area (Å²) in [6.07, 6.45) is 3.41. The number of hydrogen-bond acceptors (Lipinski definition) is 4. The van der Waals surface area contributed by atoms with Crippen LogP contribution in [-0.2, 0) is 14.8 Å². The normalized spacial score (nSPS) is 12.3. The van der Waals surface area contributed by atoms with Gasteiger partial charge in [0.15, 0.2) is 0 Å². The van der Waals surface area contributed by atoms with Crippen molar-refractivity contribution in [1.82, 2.24) is 9.71 Å². The van der Waals surface area contributed by atoms with Crippen LogP contribution in [0.25, 0.3) is 0 Å². The Morgan fingerprint density at radius 1 is 1.42 bits per heavy atom. The molecule has 6 nitrogen and oxygen atoms in total. The lowest BCUT2D eigenvalue weighted by Crippen LogP contribution is -2.42. The smallest absolute Gasteiger partial charge is 0.310 e. The molecular weight excluding hydrogens is 268 g/mol. The Balaban J connectivity index is 2.89. The van der Waals surface area contributed by atoms with Gasteiger partial charge in [0.2, 0.25) is 10.0 Å². The fraction of sp³-hybridized carbons (Fsp3) is 0.500. The van der Waals surface area contributed by atoms with E-state index in [0.29, 0.717) is 12.8 Å². The van der Waals surface area contributed by atoms with Gasteiger partial charge < -0.3 is 5.11 Å². The molecule has 0 unspecified atom stereocenters. The molecule has 0 saturated carbocycles. The molecule has 0 aliphatic carbocycles. The maximum atomic E-state index is 12.0. The third-order valence-electron chi connectivity index (χ3n) is 3.35. The number of carbonyl (C=O) groups is 1. The molecule has 0 fully saturated rings. The number of aromatic nitrogens is 1. The number of carboxylic acid groups (broad SMARTS) is 1. The summed E-state index contributed by atoms with van der Waals surface area (Å²) in [5.41, 5.74) is -1.07. The summed E-state index contributed by atoms with van der Waals surface area (Å²) in [4.78, 5) is 15.1. The van der Waals surface area contributed by atoms with E-state index in [1.807, 2.05) is 0 Å². The van der Waals surface area contributed by atoms with E-state index in [2.05, 4.69) is 9.71 Å². The number of hydrogen-bond donors (Lipinski definition) is 2. The average Bonchev–Trinajstić information content (AvgIpc) is 2.41. The Kier molecular flexibility index (Phi) is 5.02. The molecule has 106 valence electrons. The van der Waals surface area contributed by atoms with Crippen molar-refractivity contribution in [1.29, 1.82) is 0 Å². The van der Waals surface area contributed by atoms with E-state index in [0.717, 1.165) is 0 Å². The first-order valence-corrected chi connectivity index (χ1v) is 7.49. The van der Waals surface area contributed by atoms with Crippen LogP contribution in [-0.4, -0.2) is 31.0 Å². The number of aliphatic carboxylic acids is 1. The molecule has 0 atom stereocenters. The second-order valence-electron chi connectivity index (χ2n) is 4.31. The average molecular weight is 286 g/mol. The Bertz CT molecular complexity index is 524. The van der Waals surface area contributed by atoms with Crippen molar-refractivity contribution in [2.75, 3.05) is 6.54 Å². The van der Waals surface area contributed by atoms with Crippen molar-refractivity contribution in [3.8, 4) is 0 Å². The molecule has 0 saturated heterocycles. The van der Waals surface area contributed by atoms with Crippen LogP contribution in [0.5, 0.6) is 0 Å². The highest BCUT2D eigenvalue weighted by Crippen LogP contribution is 2.26. The molecule has 0 bridgehead atoms. The highest BCUT2D eigenvalue weighted by Gasteiger charge is 2.36. The minimum absolute atomic E-state index is 0.0292. The first-order valence-electron chi connectivity index (χ1n) is 6.01. The Labute approximate surface area is 112 Å². The summed E-state index contributed by atoms with van der Waals surface area (Å²) < 4.78 is 26.3. The van der Waals surface area contributed by atoms with E-state index in [4.69, 9.17) is 0 Å². The van der Waals surface area contributed by atoms with Crippen LogP contribution in [0.3, 0.4) is 0 Å². The van der Waals surface area contributed by atoms with Gasteiger partial charge in [0, 0.05) is 18.9 Å². The molecule has 0 spiro atoms. The van der Waals surface area contributed by atoms with Gasteiger partial charge in [-0.3, -0.25) is 9.78 Å². The van der Waals surface area contributed by atoms with Gasteiger partial charge >= 0.3 is 5.97 Å². The third kappa shape index (κ3) is 3.51. The molecule has 1 rings (SSSR count). The van der Waals surface area contributed by atoms with Crippen LogP contribution in [0.4, 0.5) is 0 Å². The lowest BCUT2D eigenvalue weighted by atomic mass is 9.83. The number of carboxylic acids is 1. The minimum atomic E-state index is -3.72. The predicted molar refractivity (Wildman–Crippen MR) is 70.1 cm³/mol. The first kappa shape index (κ1) is 15.6. The number of sulfonamides is 1. The van der Waals surface area contributed by atoms with E-state index in [1.54, 1.807) is 13.8 Å². The Morgan fingerprint density at radius 2 is 2.05 bits per heavy atom. The largest absolute Gasteiger partial charge is 0.481 e. The standard InChI is InChI=1S/C12H18N2O4S/c1-3-12(4-2,11(15)16)9-14-19(17,18)10-6-5-7-13-8-10/h5-8,14H,3-4,9H2,1-2H3,(H,15,16). The lowest BCUT2D eigenvalue weighted by molar-refractivity contribution is -0.149. The van der Waals surface area contributed by atoms with E-state index in [1.165, 1.54) is 24.5 Å². The van der Waals surface area contributed by atoms with Gasteiger partial charge in [-0.1, -0.05) is 13.8 Å². The topological polar surface area (TPSA) is 96.4 Å². The number of nitrogens with one attached hydrogen (secondary N) is 1. The molecule has 19 heavy (non-hydrogen) atoms. The van der Waals surface area contributed by atoms with Crippen molar-refractivity contribution in [3.05, 3.63) is 24.5 Å². The summed E-state index contributed by atoms with van der Waals surface area (Å²) in [6.45, 7) is 3.33. The maximum Gasteiger partial charge on any atom is 0.310 e. The van der Waals surface area contributed by atoms with Crippen molar-refractivity contribution in [2.45, 2.75) is 31.6 Å². The molecule has 1 aromatic heterocycles. The number of pyridine rings is 1. The predicted octanol–water partition coefficient (Wildman–Crippen LogP) is 1.25. The molecule has 0 aromatic carbocycles. The monoisotopic (exact) mass is 286 g/mol. The maximum absolute atomic E-state index is 12.0. The highest BCUT2D eigenvalue weighted by molar-refractivity contribution is 7.89. The van der Waals surface area contributed by atoms with Gasteiger partial charge in [-0.25, -0.2) is 13.1 Å². The van der Waals surface area contributed by atoms with Gasteiger partial charge in [0.25, 0.3) is 0 Å². The highest BCUT2D eigenvalue weighted by atomic mass is 32.2. The molecule has 7 heteroatoms. The molecule has 0 amide bonds. The minimum Gasteiger partial charge on any atom is -0.481 e. The zero-order valence-corrected chi connectivity index (χ0v) is 11.8. The van der Waals surface area contributed by atoms with E-state index in [9.17, 15) is 18.3 Å². The summed E-state index contributed by atoms with van der Waals surface area (Å²) in [7, 11) is -3.72. The van der Waals surface area contributed by atoms with Crippen LogP contribution >= 0.6 is 0 Å². The molecule has 2 N–H and O–H groups in total. The van der Waals surface area contributed by atoms with Crippen LogP contribution in [0.1, 0.15) is 26.7 Å². The zero-order valence-electron chi connectivity index (χ0n) is 11.0. The van der Waals surface area contributed by atoms with Gasteiger partial charge in [0.05, 0.1) is 5.41 Å². The van der Waals surface area contributed by atoms with Gasteiger partial charge in [-0.15, -0.1) is 0 Å². The van der Waals surface area contributed by atoms with Gasteiger partial charge in [0.1, 0.15) is 4.90 Å². The second-order valence-corrected chi connectivity index (χ2v) is 6.07. The van der Waals surface area contributed by atoms with Crippen molar-refractivity contribution in [3.63, 3.8) is 0 Å². The third-order valence-corrected chi connectivity index (χ3v) is 4.74. The van der Waals surface area contributed by atoms with E-state index < -0.39 is 21.4 Å². The van der Waals surface area contributed by atoms with Crippen molar-refractivity contribution in [2.24, 2.45) is 5.41 Å². The fourth-order valence-electron chi connectivity index (χ4n) is 1.70. The SMILES string of the molecule is CCC(CC)(CNS(=O)(=O)c1cccnc1)C(=O)O. The molecule has 0 aliphatic heterocycles. The van der Waals surface area contributed by atoms with Crippen LogP contribution in [0, 0.1) is 5.41 Å². The van der Waals surface area contributed by atoms with Gasteiger partial charge in [-0.05, 0) is 25.0 Å². The first-order chi connectivity index (χ1) is 8.88. The summed E-state index contributed by atoms with van der Waals surface area (Å²) in [5, 5.41) is 9.24. The summed E-state index contributed by atoms with van der Waals surface area (Å²) >= 11 is 0. The molecular formula is C12H18N2O4S. The van der Waals surface area contributed by atoms with Crippen molar-refractivity contribution >= 4 is 16.0 Å². The number of nitrogens with zero attached hydrogens (tertiary/aromatic N) is 1. The zero-order chi connectivity index (χ0) is 14.5. The molecule has 1 aromatic rings. The van der Waals surface area contributed by atoms with Crippen LogP contribution < -0.4 is 4.72 Å². The summed E-state index contributed by atoms with van der Waals surface area (Å²) in [5.74, 6) is -0.994. The van der Waals surface area contributed by atoms with Gasteiger partial charge in [-0.2, -0.15) is 0 Å². The Morgan fingerprint density at radius 3 is 2.47 bits per heavy atom. The second kappa shape index (κ2) is 6.12. The molecule has 1 heterocycles. The molecule has 0 radical (unpaired) electrons. The van der Waals surface area contributed by atoms with Crippen molar-refractivity contribution < 1.29 is 18.3 Å². The number of rotatable bonds is 7. The fourth-order valence-corrected chi connectivity index (χ4v) is 2.79. The van der Waals surface area contributed by atoms with Crippen LogP contribution in [0.2, 0.25) is 0 Å².